The average Bonchev–Trinajstić information content (AvgIpc) is 2.75. The fraction of sp³-hybridized carbons (Fsp3) is 0.240. The first-order chi connectivity index (χ1) is 15.2. The summed E-state index contributed by atoms with van der Waals surface area (Å²) in [5.41, 5.74) is 1.28. The molecule has 3 aromatic carbocycles. The first kappa shape index (κ1) is 22.8. The molecular weight excluding hydrogens is 406 g/mol. The molecule has 3 N–H and O–H groups in total. The maximum Gasteiger partial charge on any atom is 0.408 e. The molecule has 0 atom stereocenters. The Morgan fingerprint density at radius 2 is 1.53 bits per heavy atom. The van der Waals surface area contributed by atoms with Crippen molar-refractivity contribution >= 4 is 34.4 Å². The van der Waals surface area contributed by atoms with Gasteiger partial charge in [-0.25, -0.2) is 4.79 Å². The van der Waals surface area contributed by atoms with Crippen LogP contribution in [0.3, 0.4) is 0 Å². The molecule has 0 heterocycles. The minimum Gasteiger partial charge on any atom is -0.444 e. The van der Waals surface area contributed by atoms with Crippen LogP contribution < -0.4 is 16.0 Å². The number of hydrogen-bond donors (Lipinski definition) is 3. The van der Waals surface area contributed by atoms with Crippen LogP contribution in [-0.2, 0) is 16.1 Å². The number of rotatable bonds is 6. The third-order valence-electron chi connectivity index (χ3n) is 4.57. The van der Waals surface area contributed by atoms with Gasteiger partial charge in [0.25, 0.3) is 5.91 Å². The molecule has 166 valence electrons. The van der Waals surface area contributed by atoms with Crippen molar-refractivity contribution < 1.29 is 19.1 Å². The number of alkyl carbamates (subject to hydrolysis) is 1. The molecule has 32 heavy (non-hydrogen) atoms. The van der Waals surface area contributed by atoms with Crippen LogP contribution in [0, 0.1) is 0 Å². The Labute approximate surface area is 187 Å². The van der Waals surface area contributed by atoms with E-state index in [1.54, 1.807) is 32.9 Å². The van der Waals surface area contributed by atoms with Gasteiger partial charge in [0.1, 0.15) is 12.1 Å². The Kier molecular flexibility index (Phi) is 7.10. The van der Waals surface area contributed by atoms with Crippen LogP contribution in [0.5, 0.6) is 0 Å². The lowest BCUT2D eigenvalue weighted by Crippen LogP contribution is -2.39. The first-order valence-corrected chi connectivity index (χ1v) is 10.3. The Morgan fingerprint density at radius 1 is 0.844 bits per heavy atom. The monoisotopic (exact) mass is 433 g/mol. The van der Waals surface area contributed by atoms with Crippen LogP contribution in [-0.4, -0.2) is 30.1 Å². The lowest BCUT2D eigenvalue weighted by Gasteiger charge is -2.19. The summed E-state index contributed by atoms with van der Waals surface area (Å²) in [5, 5.41) is 9.95. The minimum atomic E-state index is -0.657. The van der Waals surface area contributed by atoms with E-state index in [-0.39, 0.29) is 24.9 Å². The second kappa shape index (κ2) is 9.96. The SMILES string of the molecule is CC(C)(C)OC(=O)NCC(=O)NCc1ccccc1NC(=O)c1cccc2ccccc12. The molecule has 0 bridgehead atoms. The quantitative estimate of drug-likeness (QED) is 0.542. The maximum absolute atomic E-state index is 13.0. The summed E-state index contributed by atoms with van der Waals surface area (Å²) >= 11 is 0. The molecule has 3 aromatic rings. The predicted molar refractivity (Wildman–Crippen MR) is 124 cm³/mol. The zero-order chi connectivity index (χ0) is 23.1. The summed E-state index contributed by atoms with van der Waals surface area (Å²) in [6.07, 6.45) is -0.657. The van der Waals surface area contributed by atoms with Crippen molar-refractivity contribution in [2.24, 2.45) is 0 Å². The second-order valence-electron chi connectivity index (χ2n) is 8.27. The molecular formula is C25H27N3O4. The zero-order valence-corrected chi connectivity index (χ0v) is 18.4. The summed E-state index contributed by atoms with van der Waals surface area (Å²) in [6.45, 7) is 5.22. The maximum atomic E-state index is 13.0. The van der Waals surface area contributed by atoms with Crippen LogP contribution in [0.4, 0.5) is 10.5 Å². The Hall–Kier alpha value is -3.87. The van der Waals surface area contributed by atoms with E-state index < -0.39 is 11.7 Å². The standard InChI is InChI=1S/C25H27N3O4/c1-25(2,3)32-24(31)27-16-22(29)26-15-18-10-5-7-14-21(18)28-23(30)20-13-8-11-17-9-4-6-12-19(17)20/h4-14H,15-16H2,1-3H3,(H,26,29)(H,27,31)(H,28,30). The molecule has 7 heteroatoms. The minimum absolute atomic E-state index is 0.195. The summed E-state index contributed by atoms with van der Waals surface area (Å²) in [7, 11) is 0. The van der Waals surface area contributed by atoms with Crippen LogP contribution in [0.2, 0.25) is 0 Å². The van der Waals surface area contributed by atoms with Crippen LogP contribution in [0.1, 0.15) is 36.7 Å². The van der Waals surface area contributed by atoms with Gasteiger partial charge in [-0.15, -0.1) is 0 Å². The Balaban J connectivity index is 1.62. The lowest BCUT2D eigenvalue weighted by molar-refractivity contribution is -0.120. The van der Waals surface area contributed by atoms with Crippen LogP contribution in [0.15, 0.2) is 66.7 Å². The molecule has 0 radical (unpaired) electrons. The third-order valence-corrected chi connectivity index (χ3v) is 4.57. The second-order valence-corrected chi connectivity index (χ2v) is 8.27. The van der Waals surface area contributed by atoms with Gasteiger partial charge in [0, 0.05) is 17.8 Å². The highest BCUT2D eigenvalue weighted by atomic mass is 16.6. The average molecular weight is 434 g/mol. The predicted octanol–water partition coefficient (Wildman–Crippen LogP) is 4.23. The molecule has 0 fully saturated rings. The number of ether oxygens (including phenoxy) is 1. The van der Waals surface area contributed by atoms with E-state index in [1.165, 1.54) is 0 Å². The molecule has 0 unspecified atom stereocenters. The number of benzene rings is 3. The van der Waals surface area contributed by atoms with Gasteiger partial charge < -0.3 is 20.7 Å². The van der Waals surface area contributed by atoms with E-state index in [2.05, 4.69) is 16.0 Å². The van der Waals surface area contributed by atoms with Gasteiger partial charge in [-0.3, -0.25) is 9.59 Å². The van der Waals surface area contributed by atoms with E-state index in [1.807, 2.05) is 54.6 Å². The van der Waals surface area contributed by atoms with E-state index in [9.17, 15) is 14.4 Å². The summed E-state index contributed by atoms with van der Waals surface area (Å²) in [5.74, 6) is -0.599. The summed E-state index contributed by atoms with van der Waals surface area (Å²) in [6, 6.07) is 20.5. The molecule has 7 nitrogen and oxygen atoms in total. The van der Waals surface area contributed by atoms with Gasteiger partial charge >= 0.3 is 6.09 Å². The number of carbonyl (C=O) groups excluding carboxylic acids is 3. The molecule has 0 aliphatic carbocycles. The van der Waals surface area contributed by atoms with E-state index in [0.717, 1.165) is 16.3 Å². The largest absolute Gasteiger partial charge is 0.444 e. The van der Waals surface area contributed by atoms with Crippen molar-refractivity contribution in [3.05, 3.63) is 77.9 Å². The van der Waals surface area contributed by atoms with Crippen molar-refractivity contribution in [1.82, 2.24) is 10.6 Å². The molecule has 3 amide bonds. The lowest BCUT2D eigenvalue weighted by atomic mass is 10.0. The van der Waals surface area contributed by atoms with Gasteiger partial charge in [-0.2, -0.15) is 0 Å². The molecule has 0 saturated heterocycles. The molecule has 0 spiro atoms. The zero-order valence-electron chi connectivity index (χ0n) is 18.4. The highest BCUT2D eigenvalue weighted by Gasteiger charge is 2.17. The number of anilines is 1. The molecule has 0 aromatic heterocycles. The number of carbonyl (C=O) groups is 3. The van der Waals surface area contributed by atoms with Crippen molar-refractivity contribution in [2.75, 3.05) is 11.9 Å². The fourth-order valence-corrected chi connectivity index (χ4v) is 3.13. The third kappa shape index (κ3) is 6.31. The number of amides is 3. The number of para-hydroxylation sites is 1. The van der Waals surface area contributed by atoms with Crippen molar-refractivity contribution in [3.63, 3.8) is 0 Å². The van der Waals surface area contributed by atoms with E-state index in [4.69, 9.17) is 4.74 Å². The molecule has 0 saturated carbocycles. The van der Waals surface area contributed by atoms with Gasteiger partial charge in [0.05, 0.1) is 0 Å². The normalized spacial score (nSPS) is 11.0. The Morgan fingerprint density at radius 3 is 2.31 bits per heavy atom. The fourth-order valence-electron chi connectivity index (χ4n) is 3.13. The van der Waals surface area contributed by atoms with Crippen LogP contribution >= 0.6 is 0 Å². The number of nitrogens with one attached hydrogen (secondary N) is 3. The highest BCUT2D eigenvalue weighted by Crippen LogP contribution is 2.21. The smallest absolute Gasteiger partial charge is 0.408 e. The van der Waals surface area contributed by atoms with Crippen molar-refractivity contribution in [3.8, 4) is 0 Å². The number of fused-ring (bicyclic) bond motifs is 1. The van der Waals surface area contributed by atoms with E-state index in [0.29, 0.717) is 11.3 Å². The highest BCUT2D eigenvalue weighted by molar-refractivity contribution is 6.13. The van der Waals surface area contributed by atoms with Gasteiger partial charge in [-0.05, 0) is 49.2 Å². The van der Waals surface area contributed by atoms with Gasteiger partial charge in [-0.1, -0.05) is 54.6 Å². The van der Waals surface area contributed by atoms with Crippen molar-refractivity contribution in [1.29, 1.82) is 0 Å². The molecule has 0 aliphatic rings. The van der Waals surface area contributed by atoms with Crippen molar-refractivity contribution in [2.45, 2.75) is 32.9 Å². The summed E-state index contributed by atoms with van der Waals surface area (Å²) < 4.78 is 5.11. The first-order valence-electron chi connectivity index (χ1n) is 10.3. The van der Waals surface area contributed by atoms with Gasteiger partial charge in [0.2, 0.25) is 5.91 Å². The van der Waals surface area contributed by atoms with Gasteiger partial charge in [0.15, 0.2) is 0 Å². The van der Waals surface area contributed by atoms with Crippen LogP contribution in [0.25, 0.3) is 10.8 Å². The van der Waals surface area contributed by atoms with E-state index >= 15 is 0 Å². The molecule has 3 rings (SSSR count). The number of hydrogen-bond acceptors (Lipinski definition) is 4. The topological polar surface area (TPSA) is 96.5 Å². The Bertz CT molecular complexity index is 1130. The molecule has 0 aliphatic heterocycles. The summed E-state index contributed by atoms with van der Waals surface area (Å²) in [4.78, 5) is 36.7.